The summed E-state index contributed by atoms with van der Waals surface area (Å²) in [6.45, 7) is 0. The van der Waals surface area contributed by atoms with Crippen LogP contribution in [0.5, 0.6) is 0 Å². The summed E-state index contributed by atoms with van der Waals surface area (Å²) in [4.78, 5) is 11.0. The SMILES string of the molecule is O=C(O)C1(C2=CCS(=O)(=O)CC2)CC1. The highest BCUT2D eigenvalue weighted by atomic mass is 32.2. The highest BCUT2D eigenvalue weighted by molar-refractivity contribution is 7.91. The third kappa shape index (κ3) is 1.45. The number of aliphatic carboxylic acids is 1. The summed E-state index contributed by atoms with van der Waals surface area (Å²) in [6, 6.07) is 0. The lowest BCUT2D eigenvalue weighted by molar-refractivity contribution is -0.141. The average molecular weight is 216 g/mol. The van der Waals surface area contributed by atoms with E-state index in [0.717, 1.165) is 5.57 Å². The van der Waals surface area contributed by atoms with Gasteiger partial charge in [-0.15, -0.1) is 0 Å². The van der Waals surface area contributed by atoms with Crippen LogP contribution in [0.25, 0.3) is 0 Å². The molecule has 1 N–H and O–H groups in total. The van der Waals surface area contributed by atoms with Crippen molar-refractivity contribution in [1.82, 2.24) is 0 Å². The molecule has 0 saturated heterocycles. The van der Waals surface area contributed by atoms with Crippen LogP contribution in [0.2, 0.25) is 0 Å². The molecule has 78 valence electrons. The first kappa shape index (κ1) is 9.71. The van der Waals surface area contributed by atoms with Gasteiger partial charge in [-0.25, -0.2) is 8.42 Å². The van der Waals surface area contributed by atoms with Crippen LogP contribution in [-0.2, 0) is 14.6 Å². The van der Waals surface area contributed by atoms with Crippen LogP contribution >= 0.6 is 0 Å². The third-order valence-corrected chi connectivity index (χ3v) is 4.54. The van der Waals surface area contributed by atoms with Crippen LogP contribution < -0.4 is 0 Å². The fourth-order valence-electron chi connectivity index (χ4n) is 1.91. The van der Waals surface area contributed by atoms with E-state index in [1.54, 1.807) is 6.08 Å². The lowest BCUT2D eigenvalue weighted by Crippen LogP contribution is -2.24. The van der Waals surface area contributed by atoms with Gasteiger partial charge in [0.05, 0.1) is 16.9 Å². The number of hydrogen-bond acceptors (Lipinski definition) is 3. The molecule has 0 radical (unpaired) electrons. The molecule has 0 atom stereocenters. The average Bonchev–Trinajstić information content (AvgIpc) is 2.84. The zero-order valence-electron chi connectivity index (χ0n) is 7.69. The van der Waals surface area contributed by atoms with Crippen LogP contribution in [0.3, 0.4) is 0 Å². The molecule has 1 saturated carbocycles. The maximum absolute atomic E-state index is 11.1. The van der Waals surface area contributed by atoms with E-state index in [1.165, 1.54) is 0 Å². The first-order chi connectivity index (χ1) is 6.46. The number of carboxylic acid groups (broad SMARTS) is 1. The minimum absolute atomic E-state index is 0.0113. The van der Waals surface area contributed by atoms with Gasteiger partial charge in [0.1, 0.15) is 0 Å². The molecule has 0 amide bonds. The smallest absolute Gasteiger partial charge is 0.313 e. The van der Waals surface area contributed by atoms with Gasteiger partial charge in [0.2, 0.25) is 0 Å². The molecule has 1 aliphatic carbocycles. The minimum Gasteiger partial charge on any atom is -0.481 e. The molecule has 1 heterocycles. The van der Waals surface area contributed by atoms with Gasteiger partial charge in [0.15, 0.2) is 9.84 Å². The lowest BCUT2D eigenvalue weighted by atomic mass is 9.93. The Morgan fingerprint density at radius 1 is 1.43 bits per heavy atom. The topological polar surface area (TPSA) is 71.4 Å². The van der Waals surface area contributed by atoms with Crippen molar-refractivity contribution < 1.29 is 18.3 Å². The zero-order chi connectivity index (χ0) is 10.4. The Balaban J connectivity index is 2.23. The van der Waals surface area contributed by atoms with E-state index in [4.69, 9.17) is 5.11 Å². The summed E-state index contributed by atoms with van der Waals surface area (Å²) in [5, 5.41) is 9.00. The van der Waals surface area contributed by atoms with Gasteiger partial charge in [-0.3, -0.25) is 4.79 Å². The predicted octanol–water partition coefficient (Wildman–Crippen LogP) is 0.596. The molecule has 2 rings (SSSR count). The van der Waals surface area contributed by atoms with Crippen LogP contribution in [0.4, 0.5) is 0 Å². The predicted molar refractivity (Wildman–Crippen MR) is 50.7 cm³/mol. The van der Waals surface area contributed by atoms with Gasteiger partial charge in [-0.1, -0.05) is 11.6 Å². The molecule has 0 bridgehead atoms. The standard InChI is InChI=1S/C9H12O4S/c10-8(11)9(3-4-9)7-1-5-14(12,13)6-2-7/h1H,2-6H2,(H,10,11). The molecule has 1 fully saturated rings. The number of rotatable bonds is 2. The Labute approximate surface area is 82.5 Å². The van der Waals surface area contributed by atoms with E-state index in [1.807, 2.05) is 0 Å². The largest absolute Gasteiger partial charge is 0.481 e. The van der Waals surface area contributed by atoms with E-state index >= 15 is 0 Å². The highest BCUT2D eigenvalue weighted by Crippen LogP contribution is 2.53. The van der Waals surface area contributed by atoms with Gasteiger partial charge in [-0.05, 0) is 19.3 Å². The fraction of sp³-hybridized carbons (Fsp3) is 0.667. The molecule has 0 aromatic carbocycles. The number of sulfone groups is 1. The van der Waals surface area contributed by atoms with Gasteiger partial charge >= 0.3 is 5.97 Å². The van der Waals surface area contributed by atoms with Gasteiger partial charge in [-0.2, -0.15) is 0 Å². The normalized spacial score (nSPS) is 27.9. The van der Waals surface area contributed by atoms with Crippen LogP contribution in [-0.4, -0.2) is 31.0 Å². The van der Waals surface area contributed by atoms with E-state index in [-0.39, 0.29) is 11.5 Å². The van der Waals surface area contributed by atoms with Crippen LogP contribution in [0.15, 0.2) is 11.6 Å². The van der Waals surface area contributed by atoms with Crippen molar-refractivity contribution in [2.45, 2.75) is 19.3 Å². The van der Waals surface area contributed by atoms with E-state index in [2.05, 4.69) is 0 Å². The Hall–Kier alpha value is -0.840. The van der Waals surface area contributed by atoms with Gasteiger partial charge in [0, 0.05) is 0 Å². The molecule has 0 aromatic heterocycles. The van der Waals surface area contributed by atoms with Crippen LogP contribution in [0, 0.1) is 5.41 Å². The maximum Gasteiger partial charge on any atom is 0.313 e. The van der Waals surface area contributed by atoms with Crippen molar-refractivity contribution in [1.29, 1.82) is 0 Å². The number of carbonyl (C=O) groups is 1. The maximum atomic E-state index is 11.1. The molecule has 4 nitrogen and oxygen atoms in total. The summed E-state index contributed by atoms with van der Waals surface area (Å²) in [6.07, 6.45) is 3.32. The monoisotopic (exact) mass is 216 g/mol. The molecular formula is C9H12O4S. The van der Waals surface area contributed by atoms with Gasteiger partial charge in [0.25, 0.3) is 0 Å². The summed E-state index contributed by atoms with van der Waals surface area (Å²) in [5.74, 6) is -0.686. The van der Waals surface area contributed by atoms with E-state index in [9.17, 15) is 13.2 Å². The van der Waals surface area contributed by atoms with Crippen molar-refractivity contribution in [3.63, 3.8) is 0 Å². The van der Waals surface area contributed by atoms with Crippen molar-refractivity contribution in [3.8, 4) is 0 Å². The Morgan fingerprint density at radius 2 is 2.07 bits per heavy atom. The van der Waals surface area contributed by atoms with E-state index in [0.29, 0.717) is 19.3 Å². The van der Waals surface area contributed by atoms with Crippen molar-refractivity contribution >= 4 is 15.8 Å². The molecular weight excluding hydrogens is 204 g/mol. The van der Waals surface area contributed by atoms with Crippen molar-refractivity contribution in [3.05, 3.63) is 11.6 Å². The summed E-state index contributed by atoms with van der Waals surface area (Å²) >= 11 is 0. The first-order valence-corrected chi connectivity index (χ1v) is 6.42. The van der Waals surface area contributed by atoms with Gasteiger partial charge < -0.3 is 5.11 Å². The second kappa shape index (κ2) is 2.82. The van der Waals surface area contributed by atoms with Crippen molar-refractivity contribution in [2.24, 2.45) is 5.41 Å². The molecule has 14 heavy (non-hydrogen) atoms. The summed E-state index contributed by atoms with van der Waals surface area (Å²) in [7, 11) is -2.94. The number of carboxylic acids is 1. The molecule has 5 heteroatoms. The number of hydrogen-bond donors (Lipinski definition) is 1. The van der Waals surface area contributed by atoms with Crippen LogP contribution in [0.1, 0.15) is 19.3 Å². The Bertz CT molecular complexity index is 401. The third-order valence-electron chi connectivity index (χ3n) is 3.04. The fourth-order valence-corrected chi connectivity index (χ4v) is 3.06. The molecule has 2 aliphatic rings. The lowest BCUT2D eigenvalue weighted by Gasteiger charge is -2.18. The van der Waals surface area contributed by atoms with E-state index < -0.39 is 21.2 Å². The zero-order valence-corrected chi connectivity index (χ0v) is 8.51. The summed E-state index contributed by atoms with van der Waals surface area (Å²) in [5.41, 5.74) is 0.121. The quantitative estimate of drug-likeness (QED) is 0.686. The first-order valence-electron chi connectivity index (χ1n) is 4.60. The molecule has 0 spiro atoms. The Kier molecular flexibility index (Phi) is 1.96. The second-order valence-electron chi connectivity index (χ2n) is 3.98. The highest BCUT2D eigenvalue weighted by Gasteiger charge is 2.53. The molecule has 0 unspecified atom stereocenters. The molecule has 0 aromatic rings. The second-order valence-corrected chi connectivity index (χ2v) is 6.21. The Morgan fingerprint density at radius 3 is 2.43 bits per heavy atom. The minimum atomic E-state index is -2.94. The summed E-state index contributed by atoms with van der Waals surface area (Å²) < 4.78 is 22.2. The van der Waals surface area contributed by atoms with Crippen molar-refractivity contribution in [2.75, 3.05) is 11.5 Å². The molecule has 1 aliphatic heterocycles.